The minimum Gasteiger partial charge on any atom is -0.456 e. The quantitative estimate of drug-likeness (QED) is 0.861. The van der Waals surface area contributed by atoms with Gasteiger partial charge in [-0.3, -0.25) is 0 Å². The number of thiophene rings is 1. The van der Waals surface area contributed by atoms with Gasteiger partial charge in [0, 0.05) is 11.1 Å². The summed E-state index contributed by atoms with van der Waals surface area (Å²) >= 11 is 1.31. The summed E-state index contributed by atoms with van der Waals surface area (Å²) in [5.41, 5.74) is 7.06. The van der Waals surface area contributed by atoms with Crippen LogP contribution in [0.3, 0.4) is 0 Å². The van der Waals surface area contributed by atoms with Crippen molar-refractivity contribution in [2.75, 3.05) is 5.73 Å². The zero-order valence-electron chi connectivity index (χ0n) is 13.0. The number of pyridine rings is 1. The third kappa shape index (κ3) is 3.73. The molecule has 0 bridgehead atoms. The number of ether oxygens (including phenoxy) is 1. The van der Waals surface area contributed by atoms with Gasteiger partial charge in [0.1, 0.15) is 15.3 Å². The predicted molar refractivity (Wildman–Crippen MR) is 87.8 cm³/mol. The third-order valence-corrected chi connectivity index (χ3v) is 4.12. The number of hydrogen-bond acceptors (Lipinski definition) is 5. The number of aromatic nitrogens is 1. The monoisotopic (exact) mass is 306 g/mol. The van der Waals surface area contributed by atoms with Gasteiger partial charge in [0.05, 0.1) is 5.69 Å². The fraction of sp³-hybridized carbons (Fsp3) is 0.500. The number of aryl methyl sites for hydroxylation is 1. The summed E-state index contributed by atoms with van der Waals surface area (Å²) in [5, 5.41) is 0.834. The molecule has 2 aromatic rings. The van der Waals surface area contributed by atoms with Crippen molar-refractivity contribution in [1.82, 2.24) is 4.98 Å². The van der Waals surface area contributed by atoms with Crippen LogP contribution in [0.5, 0.6) is 0 Å². The lowest BCUT2D eigenvalue weighted by Crippen LogP contribution is -2.23. The predicted octanol–water partition coefficient (Wildman–Crippen LogP) is 4.18. The second-order valence-corrected chi connectivity index (χ2v) is 7.10. The molecule has 114 valence electrons. The van der Waals surface area contributed by atoms with Crippen LogP contribution < -0.4 is 5.73 Å². The van der Waals surface area contributed by atoms with E-state index in [-0.39, 0.29) is 5.97 Å². The molecule has 0 amide bonds. The third-order valence-electron chi connectivity index (χ3n) is 3.02. The van der Waals surface area contributed by atoms with E-state index in [0.29, 0.717) is 10.6 Å². The molecule has 21 heavy (non-hydrogen) atoms. The average Bonchev–Trinajstić information content (AvgIpc) is 2.71. The van der Waals surface area contributed by atoms with Gasteiger partial charge in [0.15, 0.2) is 0 Å². The van der Waals surface area contributed by atoms with Crippen LogP contribution in [0.4, 0.5) is 5.69 Å². The van der Waals surface area contributed by atoms with Gasteiger partial charge in [-0.25, -0.2) is 9.78 Å². The molecule has 2 heterocycles. The number of carbonyl (C=O) groups is 1. The molecular formula is C16H22N2O2S. The first-order chi connectivity index (χ1) is 9.81. The fourth-order valence-electron chi connectivity index (χ4n) is 2.01. The standard InChI is InChI=1S/C16H22N2O2S/c1-5-6-7-10-8-9-11-12(17)13(21-14(11)18-10)15(19)20-16(2,3)4/h8-9H,5-7,17H2,1-4H3. The zero-order chi connectivity index (χ0) is 15.6. The number of fused-ring (bicyclic) bond motifs is 1. The summed E-state index contributed by atoms with van der Waals surface area (Å²) in [6.45, 7) is 7.68. The van der Waals surface area contributed by atoms with E-state index in [9.17, 15) is 4.79 Å². The van der Waals surface area contributed by atoms with Crippen molar-refractivity contribution < 1.29 is 9.53 Å². The molecule has 2 rings (SSSR count). The molecule has 0 saturated heterocycles. The van der Waals surface area contributed by atoms with Crippen LogP contribution in [0.15, 0.2) is 12.1 Å². The van der Waals surface area contributed by atoms with Crippen LogP contribution in [-0.2, 0) is 11.2 Å². The maximum absolute atomic E-state index is 12.2. The minimum atomic E-state index is -0.528. The molecule has 0 saturated carbocycles. The van der Waals surface area contributed by atoms with Crippen LogP contribution in [-0.4, -0.2) is 16.6 Å². The number of anilines is 1. The molecule has 0 aliphatic rings. The Hall–Kier alpha value is -1.62. The van der Waals surface area contributed by atoms with Crippen molar-refractivity contribution in [3.05, 3.63) is 22.7 Å². The summed E-state index contributed by atoms with van der Waals surface area (Å²) in [5.74, 6) is -0.377. The first-order valence-electron chi connectivity index (χ1n) is 7.23. The maximum Gasteiger partial charge on any atom is 0.351 e. The number of nitrogen functional groups attached to an aromatic ring is 1. The van der Waals surface area contributed by atoms with Crippen LogP contribution in [0, 0.1) is 0 Å². The van der Waals surface area contributed by atoms with E-state index in [1.165, 1.54) is 11.3 Å². The van der Waals surface area contributed by atoms with Crippen molar-refractivity contribution in [1.29, 1.82) is 0 Å². The largest absolute Gasteiger partial charge is 0.456 e. The van der Waals surface area contributed by atoms with E-state index in [4.69, 9.17) is 10.5 Å². The summed E-state index contributed by atoms with van der Waals surface area (Å²) in [6.07, 6.45) is 3.19. The summed E-state index contributed by atoms with van der Waals surface area (Å²) in [6, 6.07) is 3.94. The lowest BCUT2D eigenvalue weighted by Gasteiger charge is -2.18. The number of unbranched alkanes of at least 4 members (excludes halogenated alkanes) is 1. The average molecular weight is 306 g/mol. The van der Waals surface area contributed by atoms with Crippen LogP contribution in [0.25, 0.3) is 10.2 Å². The second kappa shape index (κ2) is 6.02. The molecule has 0 aliphatic carbocycles. The lowest BCUT2D eigenvalue weighted by molar-refractivity contribution is 0.00764. The topological polar surface area (TPSA) is 65.2 Å². The molecule has 0 unspecified atom stereocenters. The number of carbonyl (C=O) groups excluding carboxylic acids is 1. The van der Waals surface area contributed by atoms with Crippen molar-refractivity contribution in [3.8, 4) is 0 Å². The van der Waals surface area contributed by atoms with Crippen LogP contribution in [0.2, 0.25) is 0 Å². The van der Waals surface area contributed by atoms with Gasteiger partial charge in [0.2, 0.25) is 0 Å². The smallest absolute Gasteiger partial charge is 0.351 e. The maximum atomic E-state index is 12.2. The van der Waals surface area contributed by atoms with E-state index in [0.717, 1.165) is 35.2 Å². The van der Waals surface area contributed by atoms with E-state index < -0.39 is 5.60 Å². The van der Waals surface area contributed by atoms with Gasteiger partial charge < -0.3 is 10.5 Å². The Kier molecular flexibility index (Phi) is 4.52. The number of nitrogens with two attached hydrogens (primary N) is 1. The van der Waals surface area contributed by atoms with Crippen molar-refractivity contribution >= 4 is 33.2 Å². The Morgan fingerprint density at radius 3 is 2.71 bits per heavy atom. The van der Waals surface area contributed by atoms with E-state index in [1.807, 2.05) is 32.9 Å². The molecule has 0 aliphatic heterocycles. The first-order valence-corrected chi connectivity index (χ1v) is 8.04. The Balaban J connectivity index is 2.34. The van der Waals surface area contributed by atoms with Gasteiger partial charge in [-0.1, -0.05) is 13.3 Å². The van der Waals surface area contributed by atoms with Gasteiger partial charge in [-0.15, -0.1) is 11.3 Å². The lowest BCUT2D eigenvalue weighted by atomic mass is 10.1. The highest BCUT2D eigenvalue weighted by Gasteiger charge is 2.23. The zero-order valence-corrected chi connectivity index (χ0v) is 13.8. The molecule has 2 aromatic heterocycles. The molecule has 4 nitrogen and oxygen atoms in total. The number of nitrogens with zero attached hydrogens (tertiary/aromatic N) is 1. The van der Waals surface area contributed by atoms with Gasteiger partial charge in [-0.2, -0.15) is 0 Å². The number of esters is 1. The molecule has 0 atom stereocenters. The van der Waals surface area contributed by atoms with Crippen molar-refractivity contribution in [3.63, 3.8) is 0 Å². The summed E-state index contributed by atoms with van der Waals surface area (Å²) in [4.78, 5) is 18.0. The van der Waals surface area contributed by atoms with Gasteiger partial charge >= 0.3 is 5.97 Å². The molecule has 5 heteroatoms. The van der Waals surface area contributed by atoms with E-state index >= 15 is 0 Å². The molecule has 0 spiro atoms. The Morgan fingerprint density at radius 2 is 2.10 bits per heavy atom. The van der Waals surface area contributed by atoms with Crippen molar-refractivity contribution in [2.45, 2.75) is 52.6 Å². The normalized spacial score (nSPS) is 11.8. The highest BCUT2D eigenvalue weighted by Crippen LogP contribution is 2.34. The van der Waals surface area contributed by atoms with Crippen LogP contribution >= 0.6 is 11.3 Å². The Labute approximate surface area is 129 Å². The highest BCUT2D eigenvalue weighted by atomic mass is 32.1. The van der Waals surface area contributed by atoms with Gasteiger partial charge in [0.25, 0.3) is 0 Å². The fourth-order valence-corrected chi connectivity index (χ4v) is 3.00. The summed E-state index contributed by atoms with van der Waals surface area (Å²) < 4.78 is 5.39. The second-order valence-electron chi connectivity index (χ2n) is 6.11. The SMILES string of the molecule is CCCCc1ccc2c(N)c(C(=O)OC(C)(C)C)sc2n1. The summed E-state index contributed by atoms with van der Waals surface area (Å²) in [7, 11) is 0. The molecule has 0 fully saturated rings. The Bertz CT molecular complexity index is 656. The Morgan fingerprint density at radius 1 is 1.38 bits per heavy atom. The van der Waals surface area contributed by atoms with Gasteiger partial charge in [-0.05, 0) is 45.7 Å². The van der Waals surface area contributed by atoms with Crippen molar-refractivity contribution in [2.24, 2.45) is 0 Å². The van der Waals surface area contributed by atoms with Crippen LogP contribution in [0.1, 0.15) is 55.9 Å². The van der Waals surface area contributed by atoms with E-state index in [1.54, 1.807) is 0 Å². The number of hydrogen-bond donors (Lipinski definition) is 1. The first kappa shape index (κ1) is 15.8. The number of rotatable bonds is 4. The molecule has 0 aromatic carbocycles. The highest BCUT2D eigenvalue weighted by molar-refractivity contribution is 7.21. The van der Waals surface area contributed by atoms with E-state index in [2.05, 4.69) is 11.9 Å². The minimum absolute atomic E-state index is 0.377. The molecule has 2 N–H and O–H groups in total. The molecular weight excluding hydrogens is 284 g/mol. The molecule has 0 radical (unpaired) electrons.